The van der Waals surface area contributed by atoms with Gasteiger partial charge in [0.2, 0.25) is 5.91 Å². The minimum atomic E-state index is -0.0674. The molecule has 1 atom stereocenters. The Morgan fingerprint density at radius 2 is 1.71 bits per heavy atom. The number of rotatable bonds is 8. The molecule has 1 amide bonds. The topological polar surface area (TPSA) is 44.8 Å². The first-order chi connectivity index (χ1) is 13.7. The molecule has 0 aromatic heterocycles. The Hall–Kier alpha value is -2.37. The number of piperazine rings is 1. The van der Waals surface area contributed by atoms with E-state index in [0.717, 1.165) is 51.4 Å². The molecular weight excluding hydrogens is 350 g/mol. The Balaban J connectivity index is 1.48. The fraction of sp³-hybridized carbons (Fsp3) is 0.435. The van der Waals surface area contributed by atoms with Crippen LogP contribution in [0.3, 0.4) is 0 Å². The number of ether oxygens (including phenoxy) is 1. The van der Waals surface area contributed by atoms with Crippen molar-refractivity contribution in [2.24, 2.45) is 5.92 Å². The maximum atomic E-state index is 12.5. The van der Waals surface area contributed by atoms with Crippen LogP contribution in [0.1, 0.15) is 12.5 Å². The highest BCUT2D eigenvalue weighted by Crippen LogP contribution is 2.20. The lowest BCUT2D eigenvalue weighted by Crippen LogP contribution is -2.47. The largest absolute Gasteiger partial charge is 0.383 e. The van der Waals surface area contributed by atoms with Gasteiger partial charge in [-0.1, -0.05) is 37.3 Å². The molecule has 1 aliphatic rings. The second kappa shape index (κ2) is 10.2. The molecule has 1 heterocycles. The summed E-state index contributed by atoms with van der Waals surface area (Å²) in [4.78, 5) is 17.3. The monoisotopic (exact) mass is 381 g/mol. The van der Waals surface area contributed by atoms with Crippen LogP contribution in [0.5, 0.6) is 0 Å². The predicted molar refractivity (Wildman–Crippen MR) is 115 cm³/mol. The van der Waals surface area contributed by atoms with Gasteiger partial charge in [-0.3, -0.25) is 9.69 Å². The van der Waals surface area contributed by atoms with Gasteiger partial charge in [-0.2, -0.15) is 0 Å². The average molecular weight is 382 g/mol. The van der Waals surface area contributed by atoms with Gasteiger partial charge in [0.05, 0.1) is 6.61 Å². The number of nitrogens with one attached hydrogen (secondary N) is 1. The van der Waals surface area contributed by atoms with Crippen LogP contribution in [-0.4, -0.2) is 57.2 Å². The smallest absolute Gasteiger partial charge is 0.227 e. The summed E-state index contributed by atoms with van der Waals surface area (Å²) in [6.45, 7) is 7.90. The molecule has 2 aromatic rings. The third-order valence-electron chi connectivity index (χ3n) is 5.32. The van der Waals surface area contributed by atoms with Crippen LogP contribution in [0.15, 0.2) is 54.6 Å². The van der Waals surface area contributed by atoms with Crippen LogP contribution < -0.4 is 10.2 Å². The van der Waals surface area contributed by atoms with Crippen LogP contribution in [0.25, 0.3) is 0 Å². The summed E-state index contributed by atoms with van der Waals surface area (Å²) in [7, 11) is 1.75. The van der Waals surface area contributed by atoms with Gasteiger partial charge in [-0.25, -0.2) is 0 Å². The van der Waals surface area contributed by atoms with Crippen LogP contribution in [-0.2, 0) is 16.0 Å². The van der Waals surface area contributed by atoms with E-state index in [2.05, 4.69) is 39.4 Å². The quantitative estimate of drug-likeness (QED) is 0.762. The fourth-order valence-electron chi connectivity index (χ4n) is 3.53. The molecule has 1 unspecified atom stereocenters. The summed E-state index contributed by atoms with van der Waals surface area (Å²) in [6, 6.07) is 18.3. The molecule has 150 valence electrons. The maximum absolute atomic E-state index is 12.5. The fourth-order valence-corrected chi connectivity index (χ4v) is 3.53. The molecule has 1 aliphatic heterocycles. The Kier molecular flexibility index (Phi) is 7.46. The van der Waals surface area contributed by atoms with E-state index in [9.17, 15) is 4.79 Å². The first-order valence-corrected chi connectivity index (χ1v) is 10.1. The van der Waals surface area contributed by atoms with Gasteiger partial charge in [0, 0.05) is 57.1 Å². The molecule has 1 saturated heterocycles. The van der Waals surface area contributed by atoms with Crippen molar-refractivity contribution >= 4 is 17.3 Å². The normalized spacial score (nSPS) is 16.0. The van der Waals surface area contributed by atoms with Crippen molar-refractivity contribution in [2.75, 3.05) is 56.7 Å². The molecular formula is C23H31N3O2. The summed E-state index contributed by atoms with van der Waals surface area (Å²) < 4.78 is 5.16. The van der Waals surface area contributed by atoms with Crippen LogP contribution in [0.2, 0.25) is 0 Å². The van der Waals surface area contributed by atoms with Crippen LogP contribution in [0.4, 0.5) is 11.4 Å². The number of hydrogen-bond acceptors (Lipinski definition) is 4. The molecule has 0 radical (unpaired) electrons. The first-order valence-electron chi connectivity index (χ1n) is 10.1. The van der Waals surface area contributed by atoms with Gasteiger partial charge >= 0.3 is 0 Å². The summed E-state index contributed by atoms with van der Waals surface area (Å²) in [5.74, 6) is -0.00869. The number of methoxy groups -OCH3 is 1. The van der Waals surface area contributed by atoms with E-state index in [1.165, 1.54) is 11.3 Å². The number of carbonyl (C=O) groups is 1. The zero-order valence-electron chi connectivity index (χ0n) is 16.9. The minimum absolute atomic E-state index is 0.0587. The highest BCUT2D eigenvalue weighted by Gasteiger charge is 2.17. The van der Waals surface area contributed by atoms with Gasteiger partial charge in [-0.15, -0.1) is 0 Å². The Morgan fingerprint density at radius 1 is 1.04 bits per heavy atom. The SMILES string of the molecule is COCCN1CCN(c2ccc(NC(=O)C(C)Cc3ccccc3)cc2)CC1. The summed E-state index contributed by atoms with van der Waals surface area (Å²) >= 11 is 0. The molecule has 0 aliphatic carbocycles. The second-order valence-corrected chi connectivity index (χ2v) is 7.45. The van der Waals surface area contributed by atoms with Crippen molar-refractivity contribution in [1.29, 1.82) is 0 Å². The first kappa shape index (κ1) is 20.4. The van der Waals surface area contributed by atoms with Crippen molar-refractivity contribution in [3.63, 3.8) is 0 Å². The average Bonchev–Trinajstić information content (AvgIpc) is 2.74. The maximum Gasteiger partial charge on any atom is 0.227 e. The van der Waals surface area contributed by atoms with Crippen molar-refractivity contribution in [3.05, 3.63) is 60.2 Å². The predicted octanol–water partition coefficient (Wildman–Crippen LogP) is 3.27. The summed E-state index contributed by atoms with van der Waals surface area (Å²) in [6.07, 6.45) is 0.748. The molecule has 28 heavy (non-hydrogen) atoms. The van der Waals surface area contributed by atoms with E-state index in [1.807, 2.05) is 37.3 Å². The minimum Gasteiger partial charge on any atom is -0.383 e. The van der Waals surface area contributed by atoms with E-state index >= 15 is 0 Å². The highest BCUT2D eigenvalue weighted by atomic mass is 16.5. The summed E-state index contributed by atoms with van der Waals surface area (Å²) in [5.41, 5.74) is 3.25. The third kappa shape index (κ3) is 5.81. The van der Waals surface area contributed by atoms with E-state index in [1.54, 1.807) is 7.11 Å². The number of amides is 1. The van der Waals surface area contributed by atoms with Crippen molar-refractivity contribution in [3.8, 4) is 0 Å². The molecule has 2 aromatic carbocycles. The molecule has 3 rings (SSSR count). The molecule has 0 spiro atoms. The number of nitrogens with zero attached hydrogens (tertiary/aromatic N) is 2. The van der Waals surface area contributed by atoms with Crippen molar-refractivity contribution in [2.45, 2.75) is 13.3 Å². The van der Waals surface area contributed by atoms with E-state index in [4.69, 9.17) is 4.74 Å². The number of benzene rings is 2. The standard InChI is InChI=1S/C23H31N3O2/c1-19(18-20-6-4-3-5-7-20)23(27)24-21-8-10-22(11-9-21)26-14-12-25(13-15-26)16-17-28-2/h3-11,19H,12-18H2,1-2H3,(H,24,27). The van der Waals surface area contributed by atoms with E-state index in [0.29, 0.717) is 0 Å². The van der Waals surface area contributed by atoms with Crippen molar-refractivity contribution in [1.82, 2.24) is 4.90 Å². The number of anilines is 2. The Morgan fingerprint density at radius 3 is 2.36 bits per heavy atom. The zero-order valence-corrected chi connectivity index (χ0v) is 16.9. The zero-order chi connectivity index (χ0) is 19.8. The van der Waals surface area contributed by atoms with Crippen molar-refractivity contribution < 1.29 is 9.53 Å². The van der Waals surface area contributed by atoms with E-state index in [-0.39, 0.29) is 11.8 Å². The van der Waals surface area contributed by atoms with Crippen LogP contribution in [0, 0.1) is 5.92 Å². The Labute approximate surface area is 168 Å². The van der Waals surface area contributed by atoms with E-state index < -0.39 is 0 Å². The molecule has 5 nitrogen and oxygen atoms in total. The molecule has 1 N–H and O–H groups in total. The highest BCUT2D eigenvalue weighted by molar-refractivity contribution is 5.92. The lowest BCUT2D eigenvalue weighted by Gasteiger charge is -2.36. The van der Waals surface area contributed by atoms with Crippen LogP contribution >= 0.6 is 0 Å². The lowest BCUT2D eigenvalue weighted by atomic mass is 10.0. The number of carbonyl (C=O) groups excluding carboxylic acids is 1. The van der Waals surface area contributed by atoms with Gasteiger partial charge in [0.1, 0.15) is 0 Å². The second-order valence-electron chi connectivity index (χ2n) is 7.45. The molecule has 0 saturated carbocycles. The molecule has 5 heteroatoms. The Bertz CT molecular complexity index is 725. The molecule has 1 fully saturated rings. The van der Waals surface area contributed by atoms with Gasteiger partial charge < -0.3 is 15.0 Å². The number of hydrogen-bond donors (Lipinski definition) is 1. The molecule has 0 bridgehead atoms. The lowest BCUT2D eigenvalue weighted by molar-refractivity contribution is -0.119. The van der Waals surface area contributed by atoms with Gasteiger partial charge in [0.25, 0.3) is 0 Å². The van der Waals surface area contributed by atoms with Gasteiger partial charge in [0.15, 0.2) is 0 Å². The summed E-state index contributed by atoms with van der Waals surface area (Å²) in [5, 5.41) is 3.04. The third-order valence-corrected chi connectivity index (χ3v) is 5.32. The van der Waals surface area contributed by atoms with Gasteiger partial charge in [-0.05, 0) is 36.2 Å².